The second kappa shape index (κ2) is 9.25. The molecule has 4 rings (SSSR count). The Balaban J connectivity index is 1.78. The molecule has 0 spiro atoms. The second-order valence-corrected chi connectivity index (χ2v) is 9.97. The molecule has 0 unspecified atom stereocenters. The molecule has 2 aromatic rings. The molecule has 1 saturated heterocycles. The van der Waals surface area contributed by atoms with Crippen LogP contribution in [0.3, 0.4) is 0 Å². The minimum absolute atomic E-state index is 0.0429. The van der Waals surface area contributed by atoms with E-state index >= 15 is 0 Å². The van der Waals surface area contributed by atoms with Crippen LogP contribution in [0.15, 0.2) is 10.9 Å². The predicted octanol–water partition coefficient (Wildman–Crippen LogP) is 1.23. The van der Waals surface area contributed by atoms with Crippen molar-refractivity contribution in [2.75, 3.05) is 26.7 Å². The highest BCUT2D eigenvalue weighted by atomic mass is 16.3. The normalized spacial score (nSPS) is 19.5. The number of hydrogen-bond acceptors (Lipinski definition) is 6. The molecule has 1 aliphatic carbocycles. The number of rotatable bonds is 6. The number of aryl methyl sites for hydroxylation is 1. The number of aromatic hydroxyl groups is 1. The predicted molar refractivity (Wildman–Crippen MR) is 129 cm³/mol. The average Bonchev–Trinajstić information content (AvgIpc) is 3.50. The lowest BCUT2D eigenvalue weighted by Gasteiger charge is -2.37. The first-order valence-corrected chi connectivity index (χ1v) is 11.9. The number of piperazine rings is 1. The quantitative estimate of drug-likeness (QED) is 0.615. The minimum atomic E-state index is -0.674. The van der Waals surface area contributed by atoms with E-state index in [1.165, 1.54) is 10.6 Å². The SMILES string of the molecule is Cc1nn2c(=O)c(C(=O)NC3CC3)c(O)n(CC(C)C)c2c1/C=C/C(=O)N1CCN(C)C[C@H]1C. The summed E-state index contributed by atoms with van der Waals surface area (Å²) >= 11 is 0. The van der Waals surface area contributed by atoms with Gasteiger partial charge in [-0.2, -0.15) is 9.61 Å². The van der Waals surface area contributed by atoms with Crippen LogP contribution in [-0.2, 0) is 11.3 Å². The fraction of sp³-hybridized carbons (Fsp3) is 0.583. The molecule has 184 valence electrons. The van der Waals surface area contributed by atoms with Gasteiger partial charge in [0.25, 0.3) is 11.5 Å². The summed E-state index contributed by atoms with van der Waals surface area (Å²) in [5.41, 5.74) is 0.488. The number of likely N-dealkylation sites (N-methyl/N-ethyl adjacent to an activating group) is 1. The van der Waals surface area contributed by atoms with Crippen molar-refractivity contribution in [1.82, 2.24) is 29.3 Å². The fourth-order valence-corrected chi connectivity index (χ4v) is 4.50. The third-order valence-electron chi connectivity index (χ3n) is 6.42. The first-order chi connectivity index (χ1) is 16.1. The van der Waals surface area contributed by atoms with Crippen LogP contribution >= 0.6 is 0 Å². The Morgan fingerprint density at radius 1 is 1.26 bits per heavy atom. The van der Waals surface area contributed by atoms with E-state index in [2.05, 4.69) is 15.3 Å². The Morgan fingerprint density at radius 2 is 1.97 bits per heavy atom. The Hall–Kier alpha value is -3.14. The molecule has 1 aliphatic heterocycles. The van der Waals surface area contributed by atoms with Crippen LogP contribution in [0, 0.1) is 12.8 Å². The van der Waals surface area contributed by atoms with Gasteiger partial charge in [0.2, 0.25) is 11.8 Å². The zero-order valence-electron chi connectivity index (χ0n) is 20.5. The monoisotopic (exact) mass is 470 g/mol. The Labute approximate surface area is 198 Å². The largest absolute Gasteiger partial charge is 0.494 e. The van der Waals surface area contributed by atoms with Crippen molar-refractivity contribution >= 4 is 23.5 Å². The Bertz CT molecular complexity index is 1210. The third-order valence-corrected chi connectivity index (χ3v) is 6.42. The van der Waals surface area contributed by atoms with Crippen molar-refractivity contribution in [3.63, 3.8) is 0 Å². The molecule has 3 heterocycles. The topological polar surface area (TPSA) is 112 Å². The van der Waals surface area contributed by atoms with Gasteiger partial charge < -0.3 is 20.2 Å². The van der Waals surface area contributed by atoms with Gasteiger partial charge >= 0.3 is 0 Å². The lowest BCUT2D eigenvalue weighted by atomic mass is 10.1. The molecule has 0 aromatic carbocycles. The third kappa shape index (κ3) is 4.59. The van der Waals surface area contributed by atoms with E-state index in [1.54, 1.807) is 17.6 Å². The molecule has 1 atom stereocenters. The van der Waals surface area contributed by atoms with Gasteiger partial charge in [-0.3, -0.25) is 19.0 Å². The number of fused-ring (bicyclic) bond motifs is 1. The molecule has 2 aromatic heterocycles. The zero-order chi connectivity index (χ0) is 24.7. The zero-order valence-corrected chi connectivity index (χ0v) is 20.5. The maximum atomic E-state index is 13.2. The van der Waals surface area contributed by atoms with E-state index in [0.29, 0.717) is 30.0 Å². The van der Waals surface area contributed by atoms with E-state index in [-0.39, 0.29) is 35.4 Å². The van der Waals surface area contributed by atoms with Crippen LogP contribution in [0.25, 0.3) is 11.7 Å². The van der Waals surface area contributed by atoms with Crippen molar-refractivity contribution in [1.29, 1.82) is 0 Å². The maximum Gasteiger partial charge on any atom is 0.291 e. The molecule has 2 amide bonds. The van der Waals surface area contributed by atoms with Gasteiger partial charge in [0.05, 0.1) is 5.69 Å². The van der Waals surface area contributed by atoms with Crippen molar-refractivity contribution in [3.05, 3.63) is 33.3 Å². The number of amides is 2. The smallest absolute Gasteiger partial charge is 0.291 e. The van der Waals surface area contributed by atoms with E-state index < -0.39 is 11.5 Å². The summed E-state index contributed by atoms with van der Waals surface area (Å²) < 4.78 is 2.72. The van der Waals surface area contributed by atoms with Crippen LogP contribution in [-0.4, -0.2) is 79.7 Å². The van der Waals surface area contributed by atoms with Crippen LogP contribution in [0.4, 0.5) is 0 Å². The van der Waals surface area contributed by atoms with Gasteiger partial charge in [0.15, 0.2) is 5.56 Å². The first-order valence-electron chi connectivity index (χ1n) is 11.9. The summed E-state index contributed by atoms with van der Waals surface area (Å²) in [5.74, 6) is -0.954. The molecule has 0 radical (unpaired) electrons. The summed E-state index contributed by atoms with van der Waals surface area (Å²) in [4.78, 5) is 42.9. The van der Waals surface area contributed by atoms with Gasteiger partial charge in [-0.1, -0.05) is 13.8 Å². The summed E-state index contributed by atoms with van der Waals surface area (Å²) in [6, 6.07) is 0.137. The van der Waals surface area contributed by atoms with Gasteiger partial charge in [-0.25, -0.2) is 0 Å². The molecular weight excluding hydrogens is 436 g/mol. The van der Waals surface area contributed by atoms with Crippen LogP contribution < -0.4 is 10.9 Å². The van der Waals surface area contributed by atoms with Crippen LogP contribution in [0.1, 0.15) is 55.2 Å². The van der Waals surface area contributed by atoms with Crippen LogP contribution in [0.2, 0.25) is 0 Å². The number of nitrogens with one attached hydrogen (secondary N) is 1. The number of hydrogen-bond donors (Lipinski definition) is 2. The van der Waals surface area contributed by atoms with E-state index in [4.69, 9.17) is 0 Å². The molecule has 0 bridgehead atoms. The molecule has 2 fully saturated rings. The molecule has 34 heavy (non-hydrogen) atoms. The van der Waals surface area contributed by atoms with Crippen molar-refractivity contribution in [3.8, 4) is 5.88 Å². The minimum Gasteiger partial charge on any atom is -0.494 e. The second-order valence-electron chi connectivity index (χ2n) is 9.97. The van der Waals surface area contributed by atoms with E-state index in [9.17, 15) is 19.5 Å². The molecule has 2 aliphatic rings. The highest BCUT2D eigenvalue weighted by Crippen LogP contribution is 2.26. The molecule has 10 nitrogen and oxygen atoms in total. The molecule has 10 heteroatoms. The highest BCUT2D eigenvalue weighted by Gasteiger charge is 2.30. The highest BCUT2D eigenvalue weighted by molar-refractivity contribution is 5.97. The van der Waals surface area contributed by atoms with E-state index in [0.717, 1.165) is 25.9 Å². The average molecular weight is 471 g/mol. The van der Waals surface area contributed by atoms with Gasteiger partial charge in [0.1, 0.15) is 5.65 Å². The standard InChI is InChI=1S/C24H34N6O4/c1-14(2)12-29-22-18(8-9-19(31)28-11-10-27(5)13-15(28)3)16(4)26-30(22)24(34)20(23(29)33)21(32)25-17-6-7-17/h8-9,14-15,17,33H,6-7,10-13H2,1-5H3,(H,25,32)/b9-8+/t15-/m1/s1. The van der Waals surface area contributed by atoms with E-state index in [1.807, 2.05) is 32.7 Å². The number of carbonyl (C=O) groups is 2. The Kier molecular flexibility index (Phi) is 6.53. The summed E-state index contributed by atoms with van der Waals surface area (Å²) in [6.45, 7) is 10.4. The van der Waals surface area contributed by atoms with Crippen molar-refractivity contribution in [2.45, 2.75) is 59.2 Å². The number of nitrogens with zero attached hydrogens (tertiary/aromatic N) is 5. The van der Waals surface area contributed by atoms with Crippen molar-refractivity contribution in [2.24, 2.45) is 5.92 Å². The molecule has 1 saturated carbocycles. The maximum absolute atomic E-state index is 13.2. The first kappa shape index (κ1) is 24.0. The fourth-order valence-electron chi connectivity index (χ4n) is 4.50. The summed E-state index contributed by atoms with van der Waals surface area (Å²) in [7, 11) is 2.04. The van der Waals surface area contributed by atoms with Gasteiger partial charge in [0, 0.05) is 49.9 Å². The molecule has 2 N–H and O–H groups in total. The lowest BCUT2D eigenvalue weighted by Crippen LogP contribution is -2.52. The lowest BCUT2D eigenvalue weighted by molar-refractivity contribution is -0.130. The van der Waals surface area contributed by atoms with Gasteiger partial charge in [-0.15, -0.1) is 0 Å². The van der Waals surface area contributed by atoms with Crippen LogP contribution in [0.5, 0.6) is 5.88 Å². The van der Waals surface area contributed by atoms with Gasteiger partial charge in [-0.05, 0) is 45.7 Å². The summed E-state index contributed by atoms with van der Waals surface area (Å²) in [5, 5.41) is 18.2. The molecular formula is C24H34N6O4. The summed E-state index contributed by atoms with van der Waals surface area (Å²) in [6.07, 6.45) is 4.89. The number of carbonyl (C=O) groups excluding carboxylic acids is 2. The van der Waals surface area contributed by atoms with Crippen molar-refractivity contribution < 1.29 is 14.7 Å². The Morgan fingerprint density at radius 3 is 2.59 bits per heavy atom. The number of aromatic nitrogens is 3.